The first-order chi connectivity index (χ1) is 16.1. The van der Waals surface area contributed by atoms with Gasteiger partial charge in [-0.3, -0.25) is 14.4 Å². The van der Waals surface area contributed by atoms with Crippen LogP contribution in [-0.4, -0.2) is 36.1 Å². The number of ether oxygens (including phenoxy) is 1. The lowest BCUT2D eigenvalue weighted by molar-refractivity contribution is -0.144. The molecule has 0 heterocycles. The normalized spacial score (nSPS) is 12.1. The molecular formula is C27H33NO5. The fourth-order valence-electron chi connectivity index (χ4n) is 4.31. The molecule has 2 aromatic carbocycles. The zero-order valence-electron chi connectivity index (χ0n) is 19.1. The minimum atomic E-state index is -0.780. The Kier molecular flexibility index (Phi) is 9.48. The molecule has 0 atom stereocenters. The summed E-state index contributed by atoms with van der Waals surface area (Å²) in [6.07, 6.45) is 5.46. The topological polar surface area (TPSA) is 92.7 Å². The highest BCUT2D eigenvalue weighted by Gasteiger charge is 2.28. The summed E-state index contributed by atoms with van der Waals surface area (Å²) in [5, 5.41) is 11.4. The second-order valence-corrected chi connectivity index (χ2v) is 8.53. The number of fused-ring (bicyclic) bond motifs is 3. The number of carbonyl (C=O) groups excluding carboxylic acids is 2. The number of aliphatic carboxylic acids is 1. The summed E-state index contributed by atoms with van der Waals surface area (Å²) < 4.78 is 5.61. The van der Waals surface area contributed by atoms with Crippen LogP contribution in [0.2, 0.25) is 0 Å². The third-order valence-electron chi connectivity index (χ3n) is 6.05. The molecule has 0 spiro atoms. The van der Waals surface area contributed by atoms with Gasteiger partial charge in [-0.1, -0.05) is 61.4 Å². The number of carbonyl (C=O) groups is 3. The summed E-state index contributed by atoms with van der Waals surface area (Å²) in [5.41, 5.74) is 4.85. The van der Waals surface area contributed by atoms with Crippen molar-refractivity contribution in [2.75, 3.05) is 13.2 Å². The number of rotatable bonds is 14. The molecule has 33 heavy (non-hydrogen) atoms. The Balaban J connectivity index is 1.27. The van der Waals surface area contributed by atoms with E-state index in [-0.39, 0.29) is 24.2 Å². The lowest BCUT2D eigenvalue weighted by atomic mass is 9.98. The second-order valence-electron chi connectivity index (χ2n) is 8.53. The molecule has 176 valence electrons. The summed E-state index contributed by atoms with van der Waals surface area (Å²) in [6, 6.07) is 16.6. The number of carboxylic acid groups (broad SMARTS) is 1. The minimum absolute atomic E-state index is 0.00868. The first-order valence-electron chi connectivity index (χ1n) is 11.9. The molecule has 1 aliphatic rings. The quantitative estimate of drug-likeness (QED) is 0.310. The molecule has 6 nitrogen and oxygen atoms in total. The van der Waals surface area contributed by atoms with Crippen molar-refractivity contribution >= 4 is 17.8 Å². The molecule has 0 aliphatic heterocycles. The molecule has 0 bridgehead atoms. The van der Waals surface area contributed by atoms with E-state index >= 15 is 0 Å². The zero-order chi connectivity index (χ0) is 23.5. The molecule has 1 aliphatic carbocycles. The van der Waals surface area contributed by atoms with E-state index in [4.69, 9.17) is 9.84 Å². The standard InChI is InChI=1S/C27H33NO5/c29-25(28-18-10-2-4-16-26(30)31)15-3-1-5-17-27(32)33-19-24-22-13-8-6-11-20(22)21-12-7-9-14-23(21)24/h6-9,11-14,24H,1-5,10,15-19H2,(H,28,29)(H,30,31). The molecule has 6 heteroatoms. The number of nitrogens with one attached hydrogen (secondary N) is 1. The molecule has 0 aromatic heterocycles. The van der Waals surface area contributed by atoms with Gasteiger partial charge in [0.25, 0.3) is 0 Å². The van der Waals surface area contributed by atoms with Crippen LogP contribution in [0.5, 0.6) is 0 Å². The molecule has 0 saturated heterocycles. The number of benzene rings is 2. The van der Waals surface area contributed by atoms with Crippen LogP contribution >= 0.6 is 0 Å². The van der Waals surface area contributed by atoms with Crippen LogP contribution < -0.4 is 5.32 Å². The number of hydrogen-bond acceptors (Lipinski definition) is 4. The maximum Gasteiger partial charge on any atom is 0.305 e. The van der Waals surface area contributed by atoms with Crippen molar-refractivity contribution in [2.24, 2.45) is 0 Å². The van der Waals surface area contributed by atoms with Crippen LogP contribution in [0, 0.1) is 0 Å². The monoisotopic (exact) mass is 451 g/mol. The Morgan fingerprint density at radius 1 is 0.758 bits per heavy atom. The Labute approximate surface area is 195 Å². The first kappa shape index (κ1) is 24.5. The number of unbranched alkanes of at least 4 members (excludes halogenated alkanes) is 4. The van der Waals surface area contributed by atoms with Gasteiger partial charge >= 0.3 is 11.9 Å². The average Bonchev–Trinajstić information content (AvgIpc) is 3.13. The van der Waals surface area contributed by atoms with E-state index in [1.54, 1.807) is 0 Å². The highest BCUT2D eigenvalue weighted by Crippen LogP contribution is 2.44. The molecule has 0 unspecified atom stereocenters. The van der Waals surface area contributed by atoms with Gasteiger partial charge in [-0.2, -0.15) is 0 Å². The SMILES string of the molecule is O=C(O)CCCCCNC(=O)CCCCCC(=O)OCC1c2ccccc2-c2ccccc21. The van der Waals surface area contributed by atoms with E-state index in [0.29, 0.717) is 38.8 Å². The molecule has 1 amide bonds. The summed E-state index contributed by atoms with van der Waals surface area (Å²) >= 11 is 0. The van der Waals surface area contributed by atoms with Gasteiger partial charge in [-0.05, 0) is 47.9 Å². The molecule has 2 N–H and O–H groups in total. The first-order valence-corrected chi connectivity index (χ1v) is 11.9. The lowest BCUT2D eigenvalue weighted by Crippen LogP contribution is -2.24. The van der Waals surface area contributed by atoms with Crippen molar-refractivity contribution in [3.63, 3.8) is 0 Å². The lowest BCUT2D eigenvalue weighted by Gasteiger charge is -2.14. The van der Waals surface area contributed by atoms with Crippen LogP contribution in [-0.2, 0) is 19.1 Å². The number of carboxylic acids is 1. The van der Waals surface area contributed by atoms with Crippen molar-refractivity contribution in [2.45, 2.75) is 63.7 Å². The summed E-state index contributed by atoms with van der Waals surface area (Å²) in [4.78, 5) is 34.5. The van der Waals surface area contributed by atoms with Crippen molar-refractivity contribution < 1.29 is 24.2 Å². The number of esters is 1. The summed E-state index contributed by atoms with van der Waals surface area (Å²) in [7, 11) is 0. The summed E-state index contributed by atoms with van der Waals surface area (Å²) in [6.45, 7) is 0.930. The van der Waals surface area contributed by atoms with E-state index in [0.717, 1.165) is 25.7 Å². The van der Waals surface area contributed by atoms with Crippen molar-refractivity contribution in [1.29, 1.82) is 0 Å². The fourth-order valence-corrected chi connectivity index (χ4v) is 4.31. The molecule has 2 aromatic rings. The predicted molar refractivity (Wildman–Crippen MR) is 127 cm³/mol. The van der Waals surface area contributed by atoms with Crippen molar-refractivity contribution in [3.05, 3.63) is 59.7 Å². The van der Waals surface area contributed by atoms with E-state index in [1.165, 1.54) is 22.3 Å². The van der Waals surface area contributed by atoms with Crippen LogP contribution in [0.25, 0.3) is 11.1 Å². The van der Waals surface area contributed by atoms with E-state index < -0.39 is 5.97 Å². The maximum absolute atomic E-state index is 12.3. The van der Waals surface area contributed by atoms with Gasteiger partial charge in [0, 0.05) is 31.7 Å². The van der Waals surface area contributed by atoms with Gasteiger partial charge in [0.2, 0.25) is 5.91 Å². The molecule has 3 rings (SSSR count). The largest absolute Gasteiger partial charge is 0.481 e. The zero-order valence-corrected chi connectivity index (χ0v) is 19.1. The average molecular weight is 452 g/mol. The third-order valence-corrected chi connectivity index (χ3v) is 6.05. The highest BCUT2D eigenvalue weighted by molar-refractivity contribution is 5.79. The Hall–Kier alpha value is -3.15. The van der Waals surface area contributed by atoms with E-state index in [2.05, 4.69) is 29.6 Å². The molecular weight excluding hydrogens is 418 g/mol. The van der Waals surface area contributed by atoms with E-state index in [9.17, 15) is 14.4 Å². The Morgan fingerprint density at radius 3 is 2.00 bits per heavy atom. The van der Waals surface area contributed by atoms with Gasteiger partial charge in [0.1, 0.15) is 6.61 Å². The minimum Gasteiger partial charge on any atom is -0.481 e. The smallest absolute Gasteiger partial charge is 0.305 e. The van der Waals surface area contributed by atoms with Crippen LogP contribution in [0.1, 0.15) is 74.8 Å². The Bertz CT molecular complexity index is 910. The molecule has 0 saturated carbocycles. The predicted octanol–water partition coefficient (Wildman–Crippen LogP) is 5.05. The van der Waals surface area contributed by atoms with Crippen LogP contribution in [0.3, 0.4) is 0 Å². The molecule has 0 radical (unpaired) electrons. The highest BCUT2D eigenvalue weighted by atomic mass is 16.5. The van der Waals surface area contributed by atoms with Crippen LogP contribution in [0.4, 0.5) is 0 Å². The van der Waals surface area contributed by atoms with Crippen molar-refractivity contribution in [1.82, 2.24) is 5.32 Å². The van der Waals surface area contributed by atoms with E-state index in [1.807, 2.05) is 24.3 Å². The maximum atomic E-state index is 12.3. The third kappa shape index (κ3) is 7.45. The Morgan fingerprint density at radius 2 is 1.33 bits per heavy atom. The van der Waals surface area contributed by atoms with Gasteiger partial charge in [-0.25, -0.2) is 0 Å². The molecule has 0 fully saturated rings. The van der Waals surface area contributed by atoms with Gasteiger partial charge < -0.3 is 15.2 Å². The fraction of sp³-hybridized carbons (Fsp3) is 0.444. The van der Waals surface area contributed by atoms with Crippen LogP contribution in [0.15, 0.2) is 48.5 Å². The summed E-state index contributed by atoms with van der Waals surface area (Å²) in [5.74, 6) is -0.886. The number of amides is 1. The van der Waals surface area contributed by atoms with Gasteiger partial charge in [0.05, 0.1) is 0 Å². The van der Waals surface area contributed by atoms with Gasteiger partial charge in [0.15, 0.2) is 0 Å². The van der Waals surface area contributed by atoms with Gasteiger partial charge in [-0.15, -0.1) is 0 Å². The number of hydrogen-bond donors (Lipinski definition) is 2. The second kappa shape index (κ2) is 12.8. The van der Waals surface area contributed by atoms with Crippen molar-refractivity contribution in [3.8, 4) is 11.1 Å².